The first kappa shape index (κ1) is 15.4. The van der Waals surface area contributed by atoms with Crippen LogP contribution in [0.2, 0.25) is 0 Å². The Morgan fingerprint density at radius 2 is 2.00 bits per heavy atom. The van der Waals surface area contributed by atoms with Crippen LogP contribution in [0.5, 0.6) is 0 Å². The lowest BCUT2D eigenvalue weighted by atomic mass is 10.0. The van der Waals surface area contributed by atoms with Crippen molar-refractivity contribution >= 4 is 0 Å². The van der Waals surface area contributed by atoms with Crippen LogP contribution in [0.15, 0.2) is 18.2 Å². The molecule has 1 atom stereocenters. The highest BCUT2D eigenvalue weighted by molar-refractivity contribution is 5.22. The molecule has 1 aliphatic rings. The Morgan fingerprint density at radius 1 is 1.30 bits per heavy atom. The van der Waals surface area contributed by atoms with Crippen LogP contribution >= 0.6 is 0 Å². The Kier molecular flexibility index (Phi) is 5.49. The minimum Gasteiger partial charge on any atom is -0.313 e. The topological polar surface area (TPSA) is 15.3 Å². The predicted octanol–water partition coefficient (Wildman–Crippen LogP) is 3.49. The maximum Gasteiger partial charge on any atom is 0.163 e. The molecular weight excluding hydrogens is 258 g/mol. The van der Waals surface area contributed by atoms with Gasteiger partial charge in [-0.1, -0.05) is 25.0 Å². The second-order valence-electron chi connectivity index (χ2n) is 5.69. The minimum atomic E-state index is -0.771. The number of nitrogens with one attached hydrogen (secondary N) is 1. The van der Waals surface area contributed by atoms with Crippen molar-refractivity contribution in [3.63, 3.8) is 0 Å². The fourth-order valence-corrected chi connectivity index (χ4v) is 3.11. The summed E-state index contributed by atoms with van der Waals surface area (Å²) in [5.41, 5.74) is 0.423. The van der Waals surface area contributed by atoms with Gasteiger partial charge in [-0.2, -0.15) is 0 Å². The van der Waals surface area contributed by atoms with Gasteiger partial charge in [0.2, 0.25) is 0 Å². The van der Waals surface area contributed by atoms with Crippen molar-refractivity contribution in [2.24, 2.45) is 0 Å². The van der Waals surface area contributed by atoms with Crippen LogP contribution in [0.4, 0.5) is 8.78 Å². The molecule has 1 N–H and O–H groups in total. The largest absolute Gasteiger partial charge is 0.313 e. The SMILES string of the molecule is CNC(CCN(C)C1CCCC1)c1cccc(F)c1F. The third-order valence-electron chi connectivity index (χ3n) is 4.42. The second kappa shape index (κ2) is 7.14. The van der Waals surface area contributed by atoms with Crippen LogP contribution in [0, 0.1) is 11.6 Å². The van der Waals surface area contributed by atoms with Gasteiger partial charge in [0.1, 0.15) is 0 Å². The van der Waals surface area contributed by atoms with Crippen molar-refractivity contribution in [1.29, 1.82) is 0 Å². The van der Waals surface area contributed by atoms with Crippen molar-refractivity contribution < 1.29 is 8.78 Å². The fraction of sp³-hybridized carbons (Fsp3) is 0.625. The number of hydrogen-bond donors (Lipinski definition) is 1. The van der Waals surface area contributed by atoms with Crippen LogP contribution in [-0.2, 0) is 0 Å². The summed E-state index contributed by atoms with van der Waals surface area (Å²) in [4.78, 5) is 2.36. The highest BCUT2D eigenvalue weighted by atomic mass is 19.2. The summed E-state index contributed by atoms with van der Waals surface area (Å²) in [6.45, 7) is 0.895. The molecule has 0 radical (unpaired) electrons. The van der Waals surface area contributed by atoms with E-state index in [9.17, 15) is 8.78 Å². The molecule has 0 aliphatic heterocycles. The minimum absolute atomic E-state index is 0.144. The Bertz CT molecular complexity index is 430. The molecule has 1 saturated carbocycles. The van der Waals surface area contributed by atoms with Gasteiger partial charge < -0.3 is 10.2 Å². The van der Waals surface area contributed by atoms with Crippen molar-refractivity contribution in [2.75, 3.05) is 20.6 Å². The van der Waals surface area contributed by atoms with Crippen molar-refractivity contribution in [1.82, 2.24) is 10.2 Å². The lowest BCUT2D eigenvalue weighted by molar-refractivity contribution is 0.232. The summed E-state index contributed by atoms with van der Waals surface area (Å²) in [6, 6.07) is 4.91. The smallest absolute Gasteiger partial charge is 0.163 e. The summed E-state index contributed by atoms with van der Waals surface area (Å²) in [6.07, 6.45) is 5.92. The monoisotopic (exact) mass is 282 g/mol. The quantitative estimate of drug-likeness (QED) is 0.859. The van der Waals surface area contributed by atoms with Gasteiger partial charge in [0, 0.05) is 17.6 Å². The number of halogens is 2. The van der Waals surface area contributed by atoms with E-state index in [4.69, 9.17) is 0 Å². The van der Waals surface area contributed by atoms with Gasteiger partial charge in [-0.25, -0.2) is 8.78 Å². The third-order valence-corrected chi connectivity index (χ3v) is 4.42. The molecule has 112 valence electrons. The molecule has 0 saturated heterocycles. The van der Waals surface area contributed by atoms with Gasteiger partial charge in [-0.05, 0) is 46.0 Å². The normalized spacial score (nSPS) is 17.9. The molecule has 0 aromatic heterocycles. The van der Waals surface area contributed by atoms with Crippen LogP contribution in [-0.4, -0.2) is 31.6 Å². The van der Waals surface area contributed by atoms with Crippen LogP contribution < -0.4 is 5.32 Å². The summed E-state index contributed by atoms with van der Waals surface area (Å²) < 4.78 is 27.1. The first-order valence-electron chi connectivity index (χ1n) is 7.45. The summed E-state index contributed by atoms with van der Waals surface area (Å²) in [5, 5.41) is 3.10. The van der Waals surface area contributed by atoms with Gasteiger partial charge in [-0.3, -0.25) is 0 Å². The van der Waals surface area contributed by atoms with Gasteiger partial charge in [0.05, 0.1) is 0 Å². The van der Waals surface area contributed by atoms with Crippen molar-refractivity contribution in [3.05, 3.63) is 35.4 Å². The molecule has 2 rings (SSSR count). The first-order chi connectivity index (χ1) is 9.63. The standard InChI is InChI=1S/C16H24F2N2/c1-19-15(13-8-5-9-14(17)16(13)18)10-11-20(2)12-6-3-4-7-12/h5,8-9,12,15,19H,3-4,6-7,10-11H2,1-2H3. The van der Waals surface area contributed by atoms with E-state index in [2.05, 4.69) is 17.3 Å². The Morgan fingerprint density at radius 3 is 2.65 bits per heavy atom. The Labute approximate surface area is 120 Å². The van der Waals surface area contributed by atoms with E-state index in [1.165, 1.54) is 25.7 Å². The van der Waals surface area contributed by atoms with Crippen LogP contribution in [0.25, 0.3) is 0 Å². The average molecular weight is 282 g/mol. The zero-order valence-electron chi connectivity index (χ0n) is 12.3. The van der Waals surface area contributed by atoms with Crippen molar-refractivity contribution in [3.8, 4) is 0 Å². The Hall–Kier alpha value is -1.00. The van der Waals surface area contributed by atoms with Crippen LogP contribution in [0.3, 0.4) is 0 Å². The molecule has 1 unspecified atom stereocenters. The predicted molar refractivity (Wildman–Crippen MR) is 77.7 cm³/mol. The molecule has 0 heterocycles. The first-order valence-corrected chi connectivity index (χ1v) is 7.45. The molecule has 4 heteroatoms. The van der Waals surface area contributed by atoms with E-state index in [1.54, 1.807) is 19.2 Å². The van der Waals surface area contributed by atoms with Gasteiger partial charge in [0.25, 0.3) is 0 Å². The van der Waals surface area contributed by atoms with Gasteiger partial charge >= 0.3 is 0 Å². The summed E-state index contributed by atoms with van der Waals surface area (Å²) in [7, 11) is 3.93. The Balaban J connectivity index is 1.96. The lowest BCUT2D eigenvalue weighted by Crippen LogP contribution is -2.32. The zero-order chi connectivity index (χ0) is 14.5. The molecule has 1 aromatic carbocycles. The highest BCUT2D eigenvalue weighted by Gasteiger charge is 2.21. The molecule has 2 nitrogen and oxygen atoms in total. The maximum absolute atomic E-state index is 13.8. The summed E-state index contributed by atoms with van der Waals surface area (Å²) >= 11 is 0. The van der Waals surface area contributed by atoms with Crippen molar-refractivity contribution in [2.45, 2.75) is 44.2 Å². The summed E-state index contributed by atoms with van der Waals surface area (Å²) in [5.74, 6) is -1.50. The number of benzene rings is 1. The molecule has 0 bridgehead atoms. The molecule has 1 aromatic rings. The van der Waals surface area contributed by atoms with Crippen LogP contribution in [0.1, 0.15) is 43.7 Å². The highest BCUT2D eigenvalue weighted by Crippen LogP contribution is 2.25. The molecule has 0 spiro atoms. The van der Waals surface area contributed by atoms with E-state index < -0.39 is 11.6 Å². The van der Waals surface area contributed by atoms with E-state index in [-0.39, 0.29) is 6.04 Å². The molecular formula is C16H24F2N2. The third kappa shape index (κ3) is 3.55. The zero-order valence-corrected chi connectivity index (χ0v) is 12.3. The lowest BCUT2D eigenvalue weighted by Gasteiger charge is -2.26. The average Bonchev–Trinajstić information content (AvgIpc) is 2.97. The molecule has 1 fully saturated rings. The number of nitrogens with zero attached hydrogens (tertiary/aromatic N) is 1. The number of rotatable bonds is 6. The van der Waals surface area contributed by atoms with Gasteiger partial charge in [0.15, 0.2) is 11.6 Å². The van der Waals surface area contributed by atoms with E-state index in [1.807, 2.05) is 0 Å². The van der Waals surface area contributed by atoms with Gasteiger partial charge in [-0.15, -0.1) is 0 Å². The van der Waals surface area contributed by atoms with E-state index >= 15 is 0 Å². The second-order valence-corrected chi connectivity index (χ2v) is 5.69. The molecule has 20 heavy (non-hydrogen) atoms. The maximum atomic E-state index is 13.8. The molecule has 0 amide bonds. The number of hydrogen-bond acceptors (Lipinski definition) is 2. The van der Waals surface area contributed by atoms with E-state index in [0.29, 0.717) is 11.6 Å². The molecule has 1 aliphatic carbocycles. The van der Waals surface area contributed by atoms with E-state index in [0.717, 1.165) is 19.0 Å². The fourth-order valence-electron chi connectivity index (χ4n) is 3.11.